The van der Waals surface area contributed by atoms with Crippen molar-refractivity contribution < 1.29 is 9.53 Å². The summed E-state index contributed by atoms with van der Waals surface area (Å²) >= 11 is 0. The van der Waals surface area contributed by atoms with Gasteiger partial charge in [-0.05, 0) is 25.0 Å². The van der Waals surface area contributed by atoms with Crippen LogP contribution in [0.3, 0.4) is 0 Å². The van der Waals surface area contributed by atoms with E-state index in [1.807, 2.05) is 12.1 Å². The highest BCUT2D eigenvalue weighted by Gasteiger charge is 2.45. The lowest BCUT2D eigenvalue weighted by atomic mass is 10.1. The zero-order valence-electron chi connectivity index (χ0n) is 12.7. The Bertz CT molecular complexity index is 686. The number of ether oxygens (including phenoxy) is 1. The van der Waals surface area contributed by atoms with E-state index >= 15 is 0 Å². The van der Waals surface area contributed by atoms with E-state index in [4.69, 9.17) is 4.74 Å². The van der Waals surface area contributed by atoms with Crippen LogP contribution < -0.4 is 10.6 Å². The lowest BCUT2D eigenvalue weighted by molar-refractivity contribution is -0.120. The Kier molecular flexibility index (Phi) is 3.59. The number of hydrogen-bond acceptors (Lipinski definition) is 5. The first-order valence-electron chi connectivity index (χ1n) is 7.84. The number of H-pyrrole nitrogens is 1. The molecule has 1 unspecified atom stereocenters. The largest absolute Gasteiger partial charge is 0.374 e. The molecule has 2 aromatic heterocycles. The van der Waals surface area contributed by atoms with Crippen LogP contribution in [-0.4, -0.2) is 45.9 Å². The van der Waals surface area contributed by atoms with Crippen molar-refractivity contribution in [3.8, 4) is 11.3 Å². The van der Waals surface area contributed by atoms with E-state index in [0.717, 1.165) is 17.8 Å². The number of nitrogens with one attached hydrogen (secondary N) is 3. The highest BCUT2D eigenvalue weighted by Crippen LogP contribution is 2.37. The van der Waals surface area contributed by atoms with Crippen molar-refractivity contribution in [2.75, 3.05) is 18.5 Å². The van der Waals surface area contributed by atoms with Gasteiger partial charge in [0.05, 0.1) is 36.7 Å². The Balaban J connectivity index is 1.34. The zero-order valence-corrected chi connectivity index (χ0v) is 12.7. The third-order valence-electron chi connectivity index (χ3n) is 4.40. The molecule has 0 bridgehead atoms. The van der Waals surface area contributed by atoms with Crippen LogP contribution in [0.15, 0.2) is 30.7 Å². The number of carbonyl (C=O) groups excluding carboxylic acids is 1. The number of carbonyl (C=O) groups is 1. The molecule has 3 heterocycles. The van der Waals surface area contributed by atoms with E-state index in [1.165, 1.54) is 12.8 Å². The number of nitrogens with zero attached hydrogens (tertiary/aromatic N) is 2. The van der Waals surface area contributed by atoms with Gasteiger partial charge in [0, 0.05) is 30.0 Å². The summed E-state index contributed by atoms with van der Waals surface area (Å²) in [6, 6.07) is 3.73. The fourth-order valence-corrected chi connectivity index (χ4v) is 2.81. The SMILES string of the molecule is O=C(CC1CNC2(CC2)CO1)Nc1cncc(-c2ccn[nH]2)c1. The maximum absolute atomic E-state index is 12.2. The Morgan fingerprint density at radius 3 is 3.04 bits per heavy atom. The third kappa shape index (κ3) is 3.25. The minimum absolute atomic E-state index is 0.0629. The predicted molar refractivity (Wildman–Crippen MR) is 84.8 cm³/mol. The first kappa shape index (κ1) is 14.3. The molecule has 1 amide bonds. The summed E-state index contributed by atoms with van der Waals surface area (Å²) < 4.78 is 5.79. The van der Waals surface area contributed by atoms with Gasteiger partial charge >= 0.3 is 0 Å². The summed E-state index contributed by atoms with van der Waals surface area (Å²) in [6.45, 7) is 1.45. The maximum Gasteiger partial charge on any atom is 0.227 e. The highest BCUT2D eigenvalue weighted by molar-refractivity contribution is 5.91. The number of rotatable bonds is 4. The van der Waals surface area contributed by atoms with Crippen LogP contribution >= 0.6 is 0 Å². The summed E-state index contributed by atoms with van der Waals surface area (Å²) in [6.07, 6.45) is 7.68. The second-order valence-corrected chi connectivity index (χ2v) is 6.28. The number of amides is 1. The van der Waals surface area contributed by atoms with Gasteiger partial charge in [-0.25, -0.2) is 0 Å². The Morgan fingerprint density at radius 2 is 2.35 bits per heavy atom. The van der Waals surface area contributed by atoms with Crippen LogP contribution in [0.5, 0.6) is 0 Å². The summed E-state index contributed by atoms with van der Waals surface area (Å²) in [4.78, 5) is 16.4. The molecule has 4 rings (SSSR count). The van der Waals surface area contributed by atoms with Crippen LogP contribution in [0.2, 0.25) is 0 Å². The molecule has 7 nitrogen and oxygen atoms in total. The van der Waals surface area contributed by atoms with Gasteiger partial charge in [0.2, 0.25) is 5.91 Å². The van der Waals surface area contributed by atoms with Crippen molar-refractivity contribution >= 4 is 11.6 Å². The van der Waals surface area contributed by atoms with Gasteiger partial charge in [0.1, 0.15) is 0 Å². The average molecular weight is 313 g/mol. The molecule has 3 N–H and O–H groups in total. The van der Waals surface area contributed by atoms with Gasteiger partial charge in [-0.2, -0.15) is 5.10 Å². The number of morpholine rings is 1. The third-order valence-corrected chi connectivity index (χ3v) is 4.40. The van der Waals surface area contributed by atoms with Crippen LogP contribution in [0.4, 0.5) is 5.69 Å². The van der Waals surface area contributed by atoms with Gasteiger partial charge in [-0.15, -0.1) is 0 Å². The predicted octanol–water partition coefficient (Wildman–Crippen LogP) is 1.32. The van der Waals surface area contributed by atoms with Gasteiger partial charge < -0.3 is 15.4 Å². The lowest BCUT2D eigenvalue weighted by Gasteiger charge is -2.30. The molecule has 1 saturated heterocycles. The molecule has 1 aliphatic carbocycles. The Hall–Kier alpha value is -2.25. The van der Waals surface area contributed by atoms with E-state index in [1.54, 1.807) is 18.6 Å². The van der Waals surface area contributed by atoms with Gasteiger partial charge in [-0.1, -0.05) is 0 Å². The van der Waals surface area contributed by atoms with E-state index < -0.39 is 0 Å². The van der Waals surface area contributed by atoms with Crippen molar-refractivity contribution in [1.82, 2.24) is 20.5 Å². The molecular formula is C16H19N5O2. The summed E-state index contributed by atoms with van der Waals surface area (Å²) in [5.41, 5.74) is 2.63. The molecule has 2 aromatic rings. The molecule has 120 valence electrons. The Morgan fingerprint density at radius 1 is 1.43 bits per heavy atom. The first-order valence-corrected chi connectivity index (χ1v) is 7.84. The normalized spacial score (nSPS) is 22.0. The van der Waals surface area contributed by atoms with E-state index in [2.05, 4.69) is 25.8 Å². The molecule has 0 aromatic carbocycles. The molecule has 2 aliphatic rings. The number of hydrogen-bond donors (Lipinski definition) is 3. The van der Waals surface area contributed by atoms with E-state index in [0.29, 0.717) is 18.7 Å². The molecule has 1 aliphatic heterocycles. The van der Waals surface area contributed by atoms with Crippen molar-refractivity contribution in [3.05, 3.63) is 30.7 Å². The van der Waals surface area contributed by atoms with Crippen LogP contribution in [-0.2, 0) is 9.53 Å². The van der Waals surface area contributed by atoms with Crippen molar-refractivity contribution in [2.24, 2.45) is 0 Å². The fourth-order valence-electron chi connectivity index (χ4n) is 2.81. The summed E-state index contributed by atoms with van der Waals surface area (Å²) in [7, 11) is 0. The monoisotopic (exact) mass is 313 g/mol. The topological polar surface area (TPSA) is 91.9 Å². The summed E-state index contributed by atoms with van der Waals surface area (Å²) in [5, 5.41) is 13.2. The summed E-state index contributed by atoms with van der Waals surface area (Å²) in [5.74, 6) is -0.0629. The second-order valence-electron chi connectivity index (χ2n) is 6.28. The van der Waals surface area contributed by atoms with Gasteiger partial charge in [0.25, 0.3) is 0 Å². The molecule has 2 fully saturated rings. The van der Waals surface area contributed by atoms with Crippen molar-refractivity contribution in [1.29, 1.82) is 0 Å². The standard InChI is InChI=1S/C16H19N5O2/c22-15(6-13-9-18-16(2-3-16)10-23-13)20-12-5-11(7-17-8-12)14-1-4-19-21-14/h1,4-5,7-8,13,18H,2-3,6,9-10H2,(H,19,21)(H,20,22). The van der Waals surface area contributed by atoms with Gasteiger partial charge in [0.15, 0.2) is 0 Å². The molecule has 1 spiro atoms. The molecule has 0 radical (unpaired) electrons. The molecular weight excluding hydrogens is 294 g/mol. The van der Waals surface area contributed by atoms with Crippen LogP contribution in [0.25, 0.3) is 11.3 Å². The van der Waals surface area contributed by atoms with Crippen LogP contribution in [0.1, 0.15) is 19.3 Å². The van der Waals surface area contributed by atoms with E-state index in [-0.39, 0.29) is 17.6 Å². The molecule has 1 saturated carbocycles. The van der Waals surface area contributed by atoms with Crippen LogP contribution in [0, 0.1) is 0 Å². The van der Waals surface area contributed by atoms with E-state index in [9.17, 15) is 4.79 Å². The molecule has 7 heteroatoms. The second kappa shape index (κ2) is 5.75. The number of aromatic nitrogens is 3. The first-order chi connectivity index (χ1) is 11.2. The maximum atomic E-state index is 12.2. The van der Waals surface area contributed by atoms with Crippen molar-refractivity contribution in [2.45, 2.75) is 30.9 Å². The lowest BCUT2D eigenvalue weighted by Crippen LogP contribution is -2.49. The number of aromatic amines is 1. The molecule has 1 atom stereocenters. The number of anilines is 1. The number of pyridine rings is 1. The fraction of sp³-hybridized carbons (Fsp3) is 0.438. The average Bonchev–Trinajstić information content (AvgIpc) is 3.09. The van der Waals surface area contributed by atoms with Crippen molar-refractivity contribution in [3.63, 3.8) is 0 Å². The smallest absolute Gasteiger partial charge is 0.227 e. The minimum atomic E-state index is -0.0648. The Labute approximate surface area is 133 Å². The zero-order chi connectivity index (χ0) is 15.7. The molecule has 23 heavy (non-hydrogen) atoms. The minimum Gasteiger partial charge on any atom is -0.374 e. The highest BCUT2D eigenvalue weighted by atomic mass is 16.5. The quantitative estimate of drug-likeness (QED) is 0.792. The van der Waals surface area contributed by atoms with Gasteiger partial charge in [-0.3, -0.25) is 14.9 Å².